The fraction of sp³-hybridized carbons (Fsp3) is 0.667. The van der Waals surface area contributed by atoms with Crippen LogP contribution in [0, 0.1) is 11.8 Å². The second-order valence-electron chi connectivity index (χ2n) is 6.12. The Morgan fingerprint density at radius 2 is 1.81 bits per heavy atom. The summed E-state index contributed by atoms with van der Waals surface area (Å²) < 4.78 is 0. The molecule has 0 aliphatic heterocycles. The molecule has 1 nitrogen and oxygen atoms in total. The number of thioether (sulfide) groups is 1. The van der Waals surface area contributed by atoms with Gasteiger partial charge in [-0.25, -0.2) is 0 Å². The van der Waals surface area contributed by atoms with Crippen LogP contribution in [0.25, 0.3) is 0 Å². The van der Waals surface area contributed by atoms with Crippen LogP contribution in [-0.2, 0) is 0 Å². The van der Waals surface area contributed by atoms with Crippen LogP contribution in [-0.4, -0.2) is 18.3 Å². The van der Waals surface area contributed by atoms with E-state index in [9.17, 15) is 0 Å². The molecule has 1 atom stereocenters. The van der Waals surface area contributed by atoms with E-state index in [1.807, 2.05) is 23.9 Å². The highest BCUT2D eigenvalue weighted by Crippen LogP contribution is 2.34. The lowest BCUT2D eigenvalue weighted by molar-refractivity contribution is 0.229. The lowest BCUT2D eigenvalue weighted by Crippen LogP contribution is -2.40. The second-order valence-corrected chi connectivity index (χ2v) is 7.65. The molecule has 118 valence electrons. The van der Waals surface area contributed by atoms with Gasteiger partial charge in [-0.2, -0.15) is 0 Å². The Labute approximate surface area is 139 Å². The standard InChI is InChI=1S/C18H28ClNS/c1-3-14-5-7-15(8-6-14)18(20-4-2)13-21-17-11-9-16(19)10-12-17/h9-12,14-15,18,20H,3-8,13H2,1-2H3. The van der Waals surface area contributed by atoms with Gasteiger partial charge in [-0.1, -0.05) is 44.7 Å². The summed E-state index contributed by atoms with van der Waals surface area (Å²) in [6.45, 7) is 5.63. The summed E-state index contributed by atoms with van der Waals surface area (Å²) in [7, 11) is 0. The van der Waals surface area contributed by atoms with Crippen LogP contribution >= 0.6 is 23.4 Å². The maximum atomic E-state index is 5.95. The molecule has 1 aliphatic carbocycles. The van der Waals surface area contributed by atoms with Gasteiger partial charge < -0.3 is 5.32 Å². The van der Waals surface area contributed by atoms with Crippen molar-refractivity contribution in [3.63, 3.8) is 0 Å². The van der Waals surface area contributed by atoms with E-state index in [4.69, 9.17) is 11.6 Å². The Bertz CT molecular complexity index is 398. The number of benzene rings is 1. The fourth-order valence-electron chi connectivity index (χ4n) is 3.34. The van der Waals surface area contributed by atoms with Gasteiger partial charge in [0.2, 0.25) is 0 Å². The van der Waals surface area contributed by atoms with Gasteiger partial charge in [0.1, 0.15) is 0 Å². The minimum absolute atomic E-state index is 0.647. The molecule has 1 aromatic carbocycles. The molecule has 0 saturated heterocycles. The second kappa shape index (κ2) is 9.07. The zero-order valence-electron chi connectivity index (χ0n) is 13.3. The van der Waals surface area contributed by atoms with Crippen LogP contribution in [0.3, 0.4) is 0 Å². The molecular formula is C18H28ClNS. The van der Waals surface area contributed by atoms with E-state index in [0.717, 1.165) is 29.2 Å². The molecule has 0 aromatic heterocycles. The topological polar surface area (TPSA) is 12.0 Å². The van der Waals surface area contributed by atoms with Gasteiger partial charge in [0.25, 0.3) is 0 Å². The van der Waals surface area contributed by atoms with Gasteiger partial charge in [0.15, 0.2) is 0 Å². The molecule has 0 bridgehead atoms. The Morgan fingerprint density at radius 1 is 1.14 bits per heavy atom. The van der Waals surface area contributed by atoms with Crippen molar-refractivity contribution in [2.45, 2.75) is 56.9 Å². The van der Waals surface area contributed by atoms with Gasteiger partial charge in [-0.05, 0) is 55.5 Å². The monoisotopic (exact) mass is 325 g/mol. The molecular weight excluding hydrogens is 298 g/mol. The summed E-state index contributed by atoms with van der Waals surface area (Å²) >= 11 is 7.91. The highest BCUT2D eigenvalue weighted by molar-refractivity contribution is 7.99. The number of hydrogen-bond acceptors (Lipinski definition) is 2. The molecule has 1 unspecified atom stereocenters. The van der Waals surface area contributed by atoms with Crippen molar-refractivity contribution in [2.24, 2.45) is 11.8 Å². The molecule has 1 aliphatic rings. The lowest BCUT2D eigenvalue weighted by atomic mass is 9.78. The third-order valence-electron chi connectivity index (χ3n) is 4.75. The van der Waals surface area contributed by atoms with Crippen molar-refractivity contribution in [1.82, 2.24) is 5.32 Å². The smallest absolute Gasteiger partial charge is 0.0406 e. The SMILES string of the molecule is CCNC(CSc1ccc(Cl)cc1)C1CCC(CC)CC1. The third-order valence-corrected chi connectivity index (χ3v) is 6.13. The van der Waals surface area contributed by atoms with Crippen LogP contribution in [0.4, 0.5) is 0 Å². The zero-order chi connectivity index (χ0) is 15.1. The molecule has 3 heteroatoms. The van der Waals surface area contributed by atoms with Crippen LogP contribution in [0.1, 0.15) is 46.0 Å². The Morgan fingerprint density at radius 3 is 2.38 bits per heavy atom. The van der Waals surface area contributed by atoms with Crippen molar-refractivity contribution < 1.29 is 0 Å². The first-order valence-corrected chi connectivity index (χ1v) is 9.71. The first-order chi connectivity index (χ1) is 10.2. The van der Waals surface area contributed by atoms with Gasteiger partial charge in [-0.3, -0.25) is 0 Å². The summed E-state index contributed by atoms with van der Waals surface area (Å²) in [6.07, 6.45) is 7.01. The molecule has 2 rings (SSSR count). The average molecular weight is 326 g/mol. The predicted octanol–water partition coefficient (Wildman–Crippen LogP) is 5.63. The fourth-order valence-corrected chi connectivity index (χ4v) is 4.56. The summed E-state index contributed by atoms with van der Waals surface area (Å²) in [5, 5.41) is 4.54. The molecule has 1 saturated carbocycles. The first-order valence-electron chi connectivity index (χ1n) is 8.34. The van der Waals surface area contributed by atoms with Gasteiger partial charge in [0, 0.05) is 21.7 Å². The summed E-state index contributed by atoms with van der Waals surface area (Å²) in [5.41, 5.74) is 0. The van der Waals surface area contributed by atoms with Crippen molar-refractivity contribution in [3.8, 4) is 0 Å². The maximum absolute atomic E-state index is 5.95. The van der Waals surface area contributed by atoms with E-state index in [0.29, 0.717) is 6.04 Å². The molecule has 1 fully saturated rings. The Hall–Kier alpha value is -0.180. The molecule has 1 aromatic rings. The van der Waals surface area contributed by atoms with Crippen molar-refractivity contribution in [3.05, 3.63) is 29.3 Å². The highest BCUT2D eigenvalue weighted by Gasteiger charge is 2.26. The van der Waals surface area contributed by atoms with Gasteiger partial charge in [-0.15, -0.1) is 11.8 Å². The van der Waals surface area contributed by atoms with E-state index in [1.54, 1.807) is 0 Å². The summed E-state index contributed by atoms with van der Waals surface area (Å²) in [5.74, 6) is 3.00. The minimum atomic E-state index is 0.647. The van der Waals surface area contributed by atoms with Crippen molar-refractivity contribution in [2.75, 3.05) is 12.3 Å². The average Bonchev–Trinajstić information content (AvgIpc) is 2.53. The van der Waals surface area contributed by atoms with E-state index < -0.39 is 0 Å². The molecule has 0 heterocycles. The Kier molecular flexibility index (Phi) is 7.42. The van der Waals surface area contributed by atoms with Crippen LogP contribution < -0.4 is 5.32 Å². The van der Waals surface area contributed by atoms with E-state index in [2.05, 4.69) is 31.3 Å². The van der Waals surface area contributed by atoms with Crippen LogP contribution in [0.15, 0.2) is 29.2 Å². The van der Waals surface area contributed by atoms with E-state index >= 15 is 0 Å². The minimum Gasteiger partial charge on any atom is -0.313 e. The lowest BCUT2D eigenvalue weighted by Gasteiger charge is -2.34. The normalized spacial score (nSPS) is 24.0. The number of halogens is 1. The van der Waals surface area contributed by atoms with Crippen molar-refractivity contribution in [1.29, 1.82) is 0 Å². The van der Waals surface area contributed by atoms with E-state index in [1.165, 1.54) is 37.0 Å². The summed E-state index contributed by atoms with van der Waals surface area (Å²) in [4.78, 5) is 1.32. The van der Waals surface area contributed by atoms with Gasteiger partial charge >= 0.3 is 0 Å². The molecule has 0 amide bonds. The summed E-state index contributed by atoms with van der Waals surface area (Å²) in [6, 6.07) is 8.87. The van der Waals surface area contributed by atoms with Crippen LogP contribution in [0.2, 0.25) is 5.02 Å². The zero-order valence-corrected chi connectivity index (χ0v) is 14.8. The molecule has 21 heavy (non-hydrogen) atoms. The molecule has 1 N–H and O–H groups in total. The largest absolute Gasteiger partial charge is 0.313 e. The van der Waals surface area contributed by atoms with Gasteiger partial charge in [0.05, 0.1) is 0 Å². The number of rotatable bonds is 7. The predicted molar refractivity (Wildman–Crippen MR) is 95.4 cm³/mol. The molecule has 0 radical (unpaired) electrons. The maximum Gasteiger partial charge on any atom is 0.0406 e. The highest BCUT2D eigenvalue weighted by atomic mass is 35.5. The Balaban J connectivity index is 1.85. The molecule has 0 spiro atoms. The third kappa shape index (κ3) is 5.50. The van der Waals surface area contributed by atoms with E-state index in [-0.39, 0.29) is 0 Å². The van der Waals surface area contributed by atoms with Crippen LogP contribution in [0.5, 0.6) is 0 Å². The number of nitrogens with one attached hydrogen (secondary N) is 1. The number of hydrogen-bond donors (Lipinski definition) is 1. The quantitative estimate of drug-likeness (QED) is 0.652. The van der Waals surface area contributed by atoms with Crippen molar-refractivity contribution >= 4 is 23.4 Å². The first kappa shape index (κ1) is 17.2.